The van der Waals surface area contributed by atoms with E-state index in [0.29, 0.717) is 0 Å². The predicted molar refractivity (Wildman–Crippen MR) is 79.1 cm³/mol. The smallest absolute Gasteiger partial charge is 0.0477 e. The number of allylic oxidation sites excluding steroid dienone is 2. The van der Waals surface area contributed by atoms with Crippen LogP contribution < -0.4 is 5.32 Å². The van der Waals surface area contributed by atoms with Crippen molar-refractivity contribution in [3.8, 4) is 0 Å². The Morgan fingerprint density at radius 1 is 1.38 bits per heavy atom. The Bertz CT molecular complexity index is 390. The van der Waals surface area contributed by atoms with Gasteiger partial charge in [-0.1, -0.05) is 23.8 Å². The molecule has 0 heterocycles. The lowest BCUT2D eigenvalue weighted by molar-refractivity contribution is 0.504. The van der Waals surface area contributed by atoms with Gasteiger partial charge in [0, 0.05) is 20.8 Å². The minimum absolute atomic E-state index is 0.775. The van der Waals surface area contributed by atoms with Crippen LogP contribution >= 0.6 is 34.2 Å². The second-order valence-electron chi connectivity index (χ2n) is 4.16. The van der Waals surface area contributed by atoms with Crippen molar-refractivity contribution in [1.29, 1.82) is 0 Å². The van der Waals surface area contributed by atoms with E-state index in [1.54, 1.807) is 0 Å². The average molecular weight is 348 g/mol. The van der Waals surface area contributed by atoms with Gasteiger partial charge in [0.25, 0.3) is 0 Å². The predicted octanol–water partition coefficient (Wildman–Crippen LogP) is 4.71. The SMILES string of the molecule is Clc1ccc(NCC2CC=CCC2)c(I)c1. The van der Waals surface area contributed by atoms with Gasteiger partial charge in [-0.3, -0.25) is 0 Å². The van der Waals surface area contributed by atoms with Gasteiger partial charge in [-0.15, -0.1) is 0 Å². The van der Waals surface area contributed by atoms with Crippen LogP contribution in [0.25, 0.3) is 0 Å². The largest absolute Gasteiger partial charge is 0.384 e. The summed E-state index contributed by atoms with van der Waals surface area (Å²) in [5.41, 5.74) is 1.19. The number of rotatable bonds is 3. The van der Waals surface area contributed by atoms with Crippen LogP contribution in [0, 0.1) is 9.49 Å². The molecule has 86 valence electrons. The lowest BCUT2D eigenvalue weighted by Crippen LogP contribution is -2.15. The molecule has 0 saturated heterocycles. The first-order chi connectivity index (χ1) is 7.75. The molecule has 0 fully saturated rings. The highest BCUT2D eigenvalue weighted by Crippen LogP contribution is 2.24. The van der Waals surface area contributed by atoms with Gasteiger partial charge in [-0.2, -0.15) is 0 Å². The average Bonchev–Trinajstić information content (AvgIpc) is 2.29. The number of anilines is 1. The Balaban J connectivity index is 1.91. The third-order valence-corrected chi connectivity index (χ3v) is 4.02. The van der Waals surface area contributed by atoms with Gasteiger partial charge >= 0.3 is 0 Å². The van der Waals surface area contributed by atoms with Crippen LogP contribution in [0.15, 0.2) is 30.4 Å². The quantitative estimate of drug-likeness (QED) is 0.616. The maximum absolute atomic E-state index is 5.92. The molecule has 0 aliphatic heterocycles. The lowest BCUT2D eigenvalue weighted by Gasteiger charge is -2.19. The second kappa shape index (κ2) is 5.92. The summed E-state index contributed by atoms with van der Waals surface area (Å²) in [6.45, 7) is 1.06. The van der Waals surface area contributed by atoms with Gasteiger partial charge in [0.1, 0.15) is 0 Å². The molecule has 0 spiro atoms. The first-order valence-electron chi connectivity index (χ1n) is 5.59. The van der Waals surface area contributed by atoms with Crippen LogP contribution in [-0.2, 0) is 0 Å². The van der Waals surface area contributed by atoms with E-state index in [0.717, 1.165) is 17.5 Å². The number of halogens is 2. The molecule has 2 rings (SSSR count). The normalized spacial score (nSPS) is 19.8. The number of hydrogen-bond acceptors (Lipinski definition) is 1. The number of nitrogens with one attached hydrogen (secondary N) is 1. The summed E-state index contributed by atoms with van der Waals surface area (Å²) in [6.07, 6.45) is 8.31. The van der Waals surface area contributed by atoms with Crippen molar-refractivity contribution in [2.45, 2.75) is 19.3 Å². The summed E-state index contributed by atoms with van der Waals surface area (Å²) >= 11 is 8.24. The standard InChI is InChI=1S/C13H15ClIN/c14-11-6-7-13(12(15)8-11)16-9-10-4-2-1-3-5-10/h1-2,6-8,10,16H,3-5,9H2. The Morgan fingerprint density at radius 3 is 2.94 bits per heavy atom. The maximum atomic E-state index is 5.92. The topological polar surface area (TPSA) is 12.0 Å². The van der Waals surface area contributed by atoms with E-state index < -0.39 is 0 Å². The molecule has 1 aliphatic rings. The zero-order chi connectivity index (χ0) is 11.4. The van der Waals surface area contributed by atoms with Gasteiger partial charge in [0.2, 0.25) is 0 Å². The molecule has 1 N–H and O–H groups in total. The molecule has 1 nitrogen and oxygen atoms in total. The van der Waals surface area contributed by atoms with Gasteiger partial charge in [-0.25, -0.2) is 0 Å². The van der Waals surface area contributed by atoms with Crippen LogP contribution in [0.1, 0.15) is 19.3 Å². The Kier molecular flexibility index (Phi) is 4.53. The molecule has 0 saturated carbocycles. The molecule has 1 atom stereocenters. The fraction of sp³-hybridized carbons (Fsp3) is 0.385. The van der Waals surface area contributed by atoms with E-state index in [9.17, 15) is 0 Å². The van der Waals surface area contributed by atoms with Crippen molar-refractivity contribution in [1.82, 2.24) is 0 Å². The molecule has 1 aliphatic carbocycles. The van der Waals surface area contributed by atoms with Crippen LogP contribution in [-0.4, -0.2) is 6.54 Å². The first kappa shape index (κ1) is 12.2. The van der Waals surface area contributed by atoms with E-state index >= 15 is 0 Å². The van der Waals surface area contributed by atoms with Crippen molar-refractivity contribution in [2.75, 3.05) is 11.9 Å². The monoisotopic (exact) mass is 347 g/mol. The van der Waals surface area contributed by atoms with E-state index in [4.69, 9.17) is 11.6 Å². The second-order valence-corrected chi connectivity index (χ2v) is 5.75. The first-order valence-corrected chi connectivity index (χ1v) is 7.05. The molecule has 0 radical (unpaired) electrons. The third-order valence-electron chi connectivity index (χ3n) is 2.89. The van der Waals surface area contributed by atoms with Crippen molar-refractivity contribution in [3.05, 3.63) is 38.9 Å². The van der Waals surface area contributed by atoms with E-state index in [2.05, 4.69) is 46.1 Å². The Hall–Kier alpha value is -0.220. The summed E-state index contributed by atoms with van der Waals surface area (Å²) in [5, 5.41) is 4.31. The fourth-order valence-corrected chi connectivity index (χ4v) is 2.99. The van der Waals surface area contributed by atoms with E-state index in [1.807, 2.05) is 12.1 Å². The highest BCUT2D eigenvalue weighted by Gasteiger charge is 2.10. The number of benzene rings is 1. The van der Waals surface area contributed by atoms with Crippen LogP contribution in [0.4, 0.5) is 5.69 Å². The molecule has 1 unspecified atom stereocenters. The summed E-state index contributed by atoms with van der Waals surface area (Å²) in [7, 11) is 0. The summed E-state index contributed by atoms with van der Waals surface area (Å²) < 4.78 is 1.19. The lowest BCUT2D eigenvalue weighted by atomic mass is 9.94. The highest BCUT2D eigenvalue weighted by atomic mass is 127. The van der Waals surface area contributed by atoms with Crippen molar-refractivity contribution in [3.63, 3.8) is 0 Å². The molecule has 0 aromatic heterocycles. The molecule has 0 bridgehead atoms. The van der Waals surface area contributed by atoms with E-state index in [1.165, 1.54) is 28.5 Å². The molecule has 16 heavy (non-hydrogen) atoms. The maximum Gasteiger partial charge on any atom is 0.0477 e. The van der Waals surface area contributed by atoms with Gasteiger partial charge in [-0.05, 0) is 66.0 Å². The molecule has 3 heteroatoms. The molecule has 0 amide bonds. The van der Waals surface area contributed by atoms with Crippen LogP contribution in [0.5, 0.6) is 0 Å². The summed E-state index contributed by atoms with van der Waals surface area (Å²) in [5.74, 6) is 0.775. The van der Waals surface area contributed by atoms with Gasteiger partial charge in [0.15, 0.2) is 0 Å². The van der Waals surface area contributed by atoms with Crippen LogP contribution in [0.3, 0.4) is 0 Å². The van der Waals surface area contributed by atoms with Crippen LogP contribution in [0.2, 0.25) is 5.02 Å². The minimum Gasteiger partial charge on any atom is -0.384 e. The van der Waals surface area contributed by atoms with E-state index in [-0.39, 0.29) is 0 Å². The zero-order valence-electron chi connectivity index (χ0n) is 9.05. The highest BCUT2D eigenvalue weighted by molar-refractivity contribution is 14.1. The summed E-state index contributed by atoms with van der Waals surface area (Å²) in [4.78, 5) is 0. The fourth-order valence-electron chi connectivity index (χ4n) is 1.93. The van der Waals surface area contributed by atoms with Crippen molar-refractivity contribution < 1.29 is 0 Å². The third kappa shape index (κ3) is 3.39. The molecule has 1 aromatic rings. The zero-order valence-corrected chi connectivity index (χ0v) is 12.0. The molecule has 1 aromatic carbocycles. The number of hydrogen-bond donors (Lipinski definition) is 1. The van der Waals surface area contributed by atoms with Gasteiger partial charge in [0.05, 0.1) is 0 Å². The van der Waals surface area contributed by atoms with Crippen molar-refractivity contribution >= 4 is 39.9 Å². The van der Waals surface area contributed by atoms with Gasteiger partial charge < -0.3 is 5.32 Å². The minimum atomic E-state index is 0.775. The Morgan fingerprint density at radius 2 is 2.25 bits per heavy atom. The molecular weight excluding hydrogens is 333 g/mol. The molecular formula is C13H15ClIN. The summed E-state index contributed by atoms with van der Waals surface area (Å²) in [6, 6.07) is 5.99. The van der Waals surface area contributed by atoms with Crippen molar-refractivity contribution in [2.24, 2.45) is 5.92 Å². The Labute approximate surface area is 115 Å².